The Morgan fingerprint density at radius 2 is 2.32 bits per heavy atom. The number of rotatable bonds is 5. The fourth-order valence-electron chi connectivity index (χ4n) is 1.58. The summed E-state index contributed by atoms with van der Waals surface area (Å²) in [5, 5.41) is 18.0. The van der Waals surface area contributed by atoms with Crippen LogP contribution in [0.25, 0.3) is 0 Å². The van der Waals surface area contributed by atoms with Gasteiger partial charge in [-0.2, -0.15) is 5.10 Å². The molecule has 0 radical (unpaired) electrons. The van der Waals surface area contributed by atoms with Crippen LogP contribution in [-0.2, 0) is 6.54 Å². The molecular formula is C11H12BrN5O2. The van der Waals surface area contributed by atoms with Crippen molar-refractivity contribution in [3.05, 3.63) is 44.8 Å². The van der Waals surface area contributed by atoms with Crippen molar-refractivity contribution in [2.75, 3.05) is 11.9 Å². The van der Waals surface area contributed by atoms with Crippen molar-refractivity contribution < 1.29 is 4.92 Å². The fraction of sp³-hybridized carbons (Fsp3) is 0.273. The first-order valence-electron chi connectivity index (χ1n) is 5.59. The molecule has 2 rings (SSSR count). The zero-order chi connectivity index (χ0) is 13.8. The van der Waals surface area contributed by atoms with Gasteiger partial charge in [0.2, 0.25) is 5.82 Å². The highest BCUT2D eigenvalue weighted by Gasteiger charge is 2.15. The summed E-state index contributed by atoms with van der Waals surface area (Å²) in [6, 6.07) is 1.42. The highest BCUT2D eigenvalue weighted by molar-refractivity contribution is 9.10. The maximum absolute atomic E-state index is 10.9. The molecule has 2 aromatic heterocycles. The average molecular weight is 326 g/mol. The molecule has 0 fully saturated rings. The Morgan fingerprint density at radius 3 is 2.95 bits per heavy atom. The molecule has 0 aliphatic rings. The van der Waals surface area contributed by atoms with E-state index in [4.69, 9.17) is 0 Å². The molecular weight excluding hydrogens is 314 g/mol. The van der Waals surface area contributed by atoms with E-state index in [1.54, 1.807) is 10.9 Å². The molecule has 100 valence electrons. The predicted molar refractivity (Wildman–Crippen MR) is 74.0 cm³/mol. The van der Waals surface area contributed by atoms with E-state index in [0.717, 1.165) is 5.56 Å². The van der Waals surface area contributed by atoms with Gasteiger partial charge in [0, 0.05) is 29.5 Å². The Hall–Kier alpha value is -1.96. The van der Waals surface area contributed by atoms with E-state index in [1.165, 1.54) is 12.3 Å². The molecule has 0 aliphatic heterocycles. The summed E-state index contributed by atoms with van der Waals surface area (Å²) >= 11 is 3.16. The van der Waals surface area contributed by atoms with E-state index in [2.05, 4.69) is 31.3 Å². The third-order valence-electron chi connectivity index (χ3n) is 2.43. The Balaban J connectivity index is 2.01. The lowest BCUT2D eigenvalue weighted by Crippen LogP contribution is -2.12. The smallest absolute Gasteiger partial charge is 0.312 e. The van der Waals surface area contributed by atoms with E-state index in [9.17, 15) is 10.1 Å². The second kappa shape index (κ2) is 5.79. The largest absolute Gasteiger partial charge is 0.362 e. The van der Waals surface area contributed by atoms with E-state index < -0.39 is 4.92 Å². The van der Waals surface area contributed by atoms with Gasteiger partial charge >= 0.3 is 5.69 Å². The summed E-state index contributed by atoms with van der Waals surface area (Å²) < 4.78 is 2.35. The molecule has 0 unspecified atom stereocenters. The van der Waals surface area contributed by atoms with Gasteiger partial charge in [-0.05, 0) is 28.4 Å². The Kier molecular flexibility index (Phi) is 4.10. The van der Waals surface area contributed by atoms with Crippen molar-refractivity contribution in [3.8, 4) is 0 Å². The zero-order valence-electron chi connectivity index (χ0n) is 10.2. The molecule has 0 aliphatic carbocycles. The minimum atomic E-state index is -0.460. The van der Waals surface area contributed by atoms with Crippen molar-refractivity contribution in [3.63, 3.8) is 0 Å². The van der Waals surface area contributed by atoms with Crippen LogP contribution in [0, 0.1) is 17.0 Å². The zero-order valence-corrected chi connectivity index (χ0v) is 11.8. The van der Waals surface area contributed by atoms with Crippen LogP contribution in [0.3, 0.4) is 0 Å². The van der Waals surface area contributed by atoms with Crippen LogP contribution in [0.5, 0.6) is 0 Å². The molecule has 0 aromatic carbocycles. The second-order valence-corrected chi connectivity index (χ2v) is 4.90. The lowest BCUT2D eigenvalue weighted by Gasteiger charge is -2.06. The lowest BCUT2D eigenvalue weighted by molar-refractivity contribution is -0.384. The van der Waals surface area contributed by atoms with Crippen LogP contribution in [0.1, 0.15) is 5.56 Å². The minimum Gasteiger partial charge on any atom is -0.362 e. The van der Waals surface area contributed by atoms with Gasteiger partial charge in [0.15, 0.2) is 0 Å². The van der Waals surface area contributed by atoms with Gasteiger partial charge in [-0.1, -0.05) is 0 Å². The number of nitro groups is 1. The maximum atomic E-state index is 10.9. The fourth-order valence-corrected chi connectivity index (χ4v) is 1.90. The van der Waals surface area contributed by atoms with Gasteiger partial charge in [0.25, 0.3) is 0 Å². The molecule has 19 heavy (non-hydrogen) atoms. The van der Waals surface area contributed by atoms with Gasteiger partial charge in [0.05, 0.1) is 17.7 Å². The van der Waals surface area contributed by atoms with Crippen LogP contribution in [0.4, 0.5) is 11.5 Å². The van der Waals surface area contributed by atoms with Crippen molar-refractivity contribution in [2.24, 2.45) is 0 Å². The van der Waals surface area contributed by atoms with Gasteiger partial charge in [-0.3, -0.25) is 14.8 Å². The van der Waals surface area contributed by atoms with Crippen molar-refractivity contribution in [2.45, 2.75) is 13.5 Å². The molecule has 0 saturated heterocycles. The molecule has 1 N–H and O–H groups in total. The third-order valence-corrected chi connectivity index (χ3v) is 2.86. The van der Waals surface area contributed by atoms with Crippen molar-refractivity contribution in [1.29, 1.82) is 0 Å². The first kappa shape index (κ1) is 13.5. The van der Waals surface area contributed by atoms with Gasteiger partial charge in [-0.15, -0.1) is 0 Å². The summed E-state index contributed by atoms with van der Waals surface area (Å²) in [7, 11) is 0. The van der Waals surface area contributed by atoms with Crippen LogP contribution >= 0.6 is 15.9 Å². The first-order valence-corrected chi connectivity index (χ1v) is 6.38. The summed E-state index contributed by atoms with van der Waals surface area (Å²) in [5.74, 6) is 0.261. The van der Waals surface area contributed by atoms with Crippen molar-refractivity contribution >= 4 is 27.4 Å². The second-order valence-electron chi connectivity index (χ2n) is 3.99. The van der Waals surface area contributed by atoms with Crippen LogP contribution in [0.2, 0.25) is 0 Å². The number of nitrogens with zero attached hydrogens (tertiary/aromatic N) is 4. The average Bonchev–Trinajstić information content (AvgIpc) is 2.77. The number of aromatic nitrogens is 3. The number of aryl methyl sites for hydroxylation is 1. The topological polar surface area (TPSA) is 85.9 Å². The number of halogens is 1. The lowest BCUT2D eigenvalue weighted by atomic mass is 10.4. The maximum Gasteiger partial charge on any atom is 0.312 e. The summed E-state index contributed by atoms with van der Waals surface area (Å²) in [6.45, 7) is 3.08. The molecule has 0 amide bonds. The van der Waals surface area contributed by atoms with Crippen LogP contribution in [-0.4, -0.2) is 26.2 Å². The van der Waals surface area contributed by atoms with Gasteiger partial charge in [-0.25, -0.2) is 4.98 Å². The number of hydrogen-bond donors (Lipinski definition) is 1. The third kappa shape index (κ3) is 3.50. The van der Waals surface area contributed by atoms with Gasteiger partial charge < -0.3 is 5.32 Å². The number of hydrogen-bond acceptors (Lipinski definition) is 5. The standard InChI is InChI=1S/C11H12BrN5O2/c1-8-5-15-16(7-8)3-2-13-11-10(17(18)19)4-9(12)6-14-11/h4-7H,2-3H2,1H3,(H,13,14). The van der Waals surface area contributed by atoms with E-state index >= 15 is 0 Å². The van der Waals surface area contributed by atoms with E-state index in [-0.39, 0.29) is 11.5 Å². The molecule has 7 nitrogen and oxygen atoms in total. The quantitative estimate of drug-likeness (QED) is 0.673. The van der Waals surface area contributed by atoms with E-state index in [1.807, 2.05) is 13.1 Å². The summed E-state index contributed by atoms with van der Waals surface area (Å²) in [4.78, 5) is 14.4. The summed E-state index contributed by atoms with van der Waals surface area (Å²) in [5.41, 5.74) is 1.03. The highest BCUT2D eigenvalue weighted by atomic mass is 79.9. The Morgan fingerprint density at radius 1 is 1.53 bits per heavy atom. The normalized spacial score (nSPS) is 10.4. The predicted octanol–water partition coefficient (Wildman–Crippen LogP) is 2.37. The molecule has 2 aromatic rings. The highest BCUT2D eigenvalue weighted by Crippen LogP contribution is 2.24. The van der Waals surface area contributed by atoms with E-state index in [0.29, 0.717) is 17.6 Å². The first-order chi connectivity index (χ1) is 9.06. The molecule has 0 bridgehead atoms. The number of nitrogens with one attached hydrogen (secondary N) is 1. The summed E-state index contributed by atoms with van der Waals surface area (Å²) in [6.07, 6.45) is 5.19. The minimum absolute atomic E-state index is 0.0500. The van der Waals surface area contributed by atoms with Crippen LogP contribution in [0.15, 0.2) is 29.1 Å². The van der Waals surface area contributed by atoms with Crippen molar-refractivity contribution in [1.82, 2.24) is 14.8 Å². The number of pyridine rings is 1. The molecule has 0 atom stereocenters. The SMILES string of the molecule is Cc1cnn(CCNc2ncc(Br)cc2[N+](=O)[O-])c1. The molecule has 0 spiro atoms. The van der Waals surface area contributed by atoms with Gasteiger partial charge in [0.1, 0.15) is 0 Å². The molecule has 8 heteroatoms. The van der Waals surface area contributed by atoms with Crippen LogP contribution < -0.4 is 5.32 Å². The Bertz CT molecular complexity index is 599. The molecule has 2 heterocycles. The Labute approximate surface area is 117 Å². The monoisotopic (exact) mass is 325 g/mol. The number of anilines is 1. The molecule has 0 saturated carbocycles.